The van der Waals surface area contributed by atoms with Gasteiger partial charge in [-0.2, -0.15) is 9.97 Å². The predicted octanol–water partition coefficient (Wildman–Crippen LogP) is 10.1. The van der Waals surface area contributed by atoms with Gasteiger partial charge in [-0.15, -0.1) is 0 Å². The van der Waals surface area contributed by atoms with Crippen molar-refractivity contribution in [2.45, 2.75) is 40.6 Å². The number of hydrogen-bond donors (Lipinski definition) is 2. The largest absolute Gasteiger partial charge is 0.394 e. The molecule has 3 aromatic heterocycles. The fourth-order valence-electron chi connectivity index (χ4n) is 5.56. The number of anilines is 3. The van der Waals surface area contributed by atoms with Gasteiger partial charge in [0.1, 0.15) is 11.3 Å². The number of imidazole rings is 1. The highest BCUT2D eigenvalue weighted by atomic mass is 35.5. The van der Waals surface area contributed by atoms with Gasteiger partial charge in [0.25, 0.3) is 0 Å². The predicted molar refractivity (Wildman–Crippen MR) is 221 cm³/mol. The fraction of sp³-hybridized carbons (Fsp3) is 0.214. The molecule has 0 saturated carbocycles. The number of nitrogens with one attached hydrogen (secondary N) is 1. The zero-order chi connectivity index (χ0) is 39.2. The van der Waals surface area contributed by atoms with Crippen LogP contribution in [0, 0.1) is 13.8 Å². The zero-order valence-corrected chi connectivity index (χ0v) is 32.9. The van der Waals surface area contributed by atoms with Crippen molar-refractivity contribution in [3.05, 3.63) is 149 Å². The van der Waals surface area contributed by atoms with Crippen LogP contribution in [0.5, 0.6) is 0 Å². The van der Waals surface area contributed by atoms with Gasteiger partial charge in [-0.05, 0) is 93.2 Å². The first-order valence-corrected chi connectivity index (χ1v) is 18.5. The lowest BCUT2D eigenvalue weighted by Crippen LogP contribution is -2.36. The molecule has 13 heteroatoms. The van der Waals surface area contributed by atoms with Gasteiger partial charge in [0, 0.05) is 42.3 Å². The number of hydrogen-bond acceptors (Lipinski definition) is 10. The third kappa shape index (κ3) is 10.8. The van der Waals surface area contributed by atoms with E-state index in [1.165, 1.54) is 11.8 Å². The Kier molecular flexibility index (Phi) is 14.6. The monoisotopic (exact) mass is 778 g/mol. The van der Waals surface area contributed by atoms with Crippen LogP contribution < -0.4 is 11.1 Å². The van der Waals surface area contributed by atoms with E-state index in [2.05, 4.69) is 44.3 Å². The summed E-state index contributed by atoms with van der Waals surface area (Å²) in [5, 5.41) is 3.48. The van der Waals surface area contributed by atoms with Crippen LogP contribution >= 0.6 is 23.2 Å². The van der Waals surface area contributed by atoms with E-state index < -0.39 is 5.97 Å². The van der Waals surface area contributed by atoms with Crippen LogP contribution in [0.15, 0.2) is 122 Å². The molecule has 7 rings (SSSR count). The lowest BCUT2D eigenvalue weighted by molar-refractivity contribution is -0.389. The highest BCUT2D eigenvalue weighted by Gasteiger charge is 2.34. The normalized spacial score (nSPS) is 11.0. The standard InChI is InChI=1S/C18H13ClN4.C13H20O3.C11H11ClN4/c1-12-6-5-9-14(10-12)23-16(13-7-3-2-4-8-13)21-15-11-20-18(19)22-17(15)23;1-4-14-13(15-5-2,16-6-3)12-10-8-7-9-11-12;1-7-3-2-4-8(5-7)15-10-9(13)6-14-11(12)16-10/h2-11H,1H3;7-11H,4-6H2,1-3H3;2-6H,13H2,1H3,(H,14,15,16). The third-order valence-electron chi connectivity index (χ3n) is 7.86. The van der Waals surface area contributed by atoms with E-state index in [1.807, 2.05) is 129 Å². The zero-order valence-electron chi connectivity index (χ0n) is 31.4. The number of ether oxygens (including phenoxy) is 3. The summed E-state index contributed by atoms with van der Waals surface area (Å²) in [6.45, 7) is 11.5. The molecule has 0 amide bonds. The number of nitrogen functional groups attached to an aromatic ring is 1. The lowest BCUT2D eigenvalue weighted by atomic mass is 10.2. The minimum atomic E-state index is -1.06. The Hall–Kier alpha value is -5.43. The van der Waals surface area contributed by atoms with Crippen molar-refractivity contribution in [3.8, 4) is 17.1 Å². The molecule has 0 bridgehead atoms. The Morgan fingerprint density at radius 2 is 1.25 bits per heavy atom. The maximum Gasteiger partial charge on any atom is 0.311 e. The van der Waals surface area contributed by atoms with Crippen molar-refractivity contribution in [1.29, 1.82) is 0 Å². The molecular formula is C42H44Cl2N8O3. The third-order valence-corrected chi connectivity index (χ3v) is 8.23. The molecule has 0 aliphatic heterocycles. The molecule has 55 heavy (non-hydrogen) atoms. The van der Waals surface area contributed by atoms with Gasteiger partial charge in [-0.25, -0.2) is 15.0 Å². The SMILES string of the molecule is CCOC(OCC)(OCC)c1ccccc1.Cc1cccc(-n2c(-c3ccccc3)nc3cnc(Cl)nc32)c1.Cc1cccc(Nc2nc(Cl)ncc2N)c1. The average Bonchev–Trinajstić information content (AvgIpc) is 3.57. The van der Waals surface area contributed by atoms with Crippen molar-refractivity contribution in [3.63, 3.8) is 0 Å². The average molecular weight is 780 g/mol. The second-order valence-electron chi connectivity index (χ2n) is 12.0. The summed E-state index contributed by atoms with van der Waals surface area (Å²) in [4.78, 5) is 20.9. The maximum absolute atomic E-state index is 6.00. The second-order valence-corrected chi connectivity index (χ2v) is 12.7. The molecule has 7 aromatic rings. The minimum absolute atomic E-state index is 0.171. The Bertz CT molecular complexity index is 2260. The maximum atomic E-state index is 6.00. The molecule has 0 aliphatic carbocycles. The van der Waals surface area contributed by atoms with Crippen LogP contribution in [0.1, 0.15) is 37.5 Å². The number of rotatable bonds is 11. The van der Waals surface area contributed by atoms with Crippen LogP contribution in [0.3, 0.4) is 0 Å². The van der Waals surface area contributed by atoms with Crippen molar-refractivity contribution >= 4 is 51.6 Å². The number of benzene rings is 4. The van der Waals surface area contributed by atoms with E-state index >= 15 is 0 Å². The van der Waals surface area contributed by atoms with E-state index in [1.54, 1.807) is 6.20 Å². The minimum Gasteiger partial charge on any atom is -0.394 e. The van der Waals surface area contributed by atoms with Gasteiger partial charge in [0.15, 0.2) is 11.5 Å². The van der Waals surface area contributed by atoms with Gasteiger partial charge in [0.2, 0.25) is 10.6 Å². The van der Waals surface area contributed by atoms with Crippen LogP contribution in [-0.2, 0) is 20.2 Å². The fourth-order valence-corrected chi connectivity index (χ4v) is 5.82. The van der Waals surface area contributed by atoms with Crippen molar-refractivity contribution < 1.29 is 14.2 Å². The summed E-state index contributed by atoms with van der Waals surface area (Å²) in [5.41, 5.74) is 13.8. The molecular weight excluding hydrogens is 735 g/mol. The Balaban J connectivity index is 0.000000163. The summed E-state index contributed by atoms with van der Waals surface area (Å²) in [7, 11) is 0. The van der Waals surface area contributed by atoms with Crippen molar-refractivity contribution in [2.75, 3.05) is 30.9 Å². The lowest BCUT2D eigenvalue weighted by Gasteiger charge is -2.32. The molecule has 0 spiro atoms. The number of halogens is 2. The molecule has 0 fully saturated rings. The van der Waals surface area contributed by atoms with Gasteiger partial charge in [-0.1, -0.05) is 84.9 Å². The number of nitrogens with zero attached hydrogens (tertiary/aromatic N) is 6. The van der Waals surface area contributed by atoms with E-state index in [0.29, 0.717) is 37.0 Å². The highest BCUT2D eigenvalue weighted by Crippen LogP contribution is 2.30. The molecule has 0 unspecified atom stereocenters. The van der Waals surface area contributed by atoms with E-state index in [0.717, 1.165) is 39.4 Å². The van der Waals surface area contributed by atoms with Gasteiger partial charge in [0.05, 0.1) is 18.1 Å². The number of aryl methyl sites for hydroxylation is 2. The summed E-state index contributed by atoms with van der Waals surface area (Å²) in [6.07, 6.45) is 3.14. The Labute approximate surface area is 331 Å². The Morgan fingerprint density at radius 1 is 0.673 bits per heavy atom. The van der Waals surface area contributed by atoms with Crippen molar-refractivity contribution in [1.82, 2.24) is 29.5 Å². The number of aromatic nitrogens is 6. The molecule has 11 nitrogen and oxygen atoms in total. The van der Waals surface area contributed by atoms with Crippen LogP contribution in [0.2, 0.25) is 10.6 Å². The topological polar surface area (TPSA) is 135 Å². The molecule has 0 saturated heterocycles. The molecule has 3 heterocycles. The summed E-state index contributed by atoms with van der Waals surface area (Å²) >= 11 is 11.7. The van der Waals surface area contributed by atoms with E-state index in [9.17, 15) is 0 Å². The first-order valence-electron chi connectivity index (χ1n) is 17.8. The van der Waals surface area contributed by atoms with Gasteiger partial charge < -0.3 is 25.3 Å². The first kappa shape index (κ1) is 40.7. The smallest absolute Gasteiger partial charge is 0.311 e. The first-order chi connectivity index (χ1) is 26.7. The molecule has 4 aromatic carbocycles. The highest BCUT2D eigenvalue weighted by molar-refractivity contribution is 6.28. The molecule has 3 N–H and O–H groups in total. The summed E-state index contributed by atoms with van der Waals surface area (Å²) in [5.74, 6) is 0.285. The van der Waals surface area contributed by atoms with Crippen LogP contribution in [0.4, 0.5) is 17.2 Å². The number of nitrogens with two attached hydrogens (primary N) is 1. The van der Waals surface area contributed by atoms with Crippen LogP contribution in [-0.4, -0.2) is 49.3 Å². The number of fused-ring (bicyclic) bond motifs is 1. The van der Waals surface area contributed by atoms with Crippen molar-refractivity contribution in [2.24, 2.45) is 0 Å². The molecule has 0 atom stereocenters. The molecule has 0 aliphatic rings. The quantitative estimate of drug-likeness (QED) is 0.0965. The second kappa shape index (κ2) is 19.8. The van der Waals surface area contributed by atoms with E-state index in [-0.39, 0.29) is 10.6 Å². The summed E-state index contributed by atoms with van der Waals surface area (Å²) in [6, 6.07) is 35.9. The van der Waals surface area contributed by atoms with Crippen LogP contribution in [0.25, 0.3) is 28.2 Å². The Morgan fingerprint density at radius 3 is 1.87 bits per heavy atom. The molecule has 284 valence electrons. The van der Waals surface area contributed by atoms with E-state index in [4.69, 9.17) is 48.1 Å². The molecule has 0 radical (unpaired) electrons. The van der Waals surface area contributed by atoms with Gasteiger partial charge >= 0.3 is 5.97 Å². The van der Waals surface area contributed by atoms with Gasteiger partial charge in [-0.3, -0.25) is 4.57 Å². The summed E-state index contributed by atoms with van der Waals surface area (Å²) < 4.78 is 19.0.